The molecule has 1 amide bonds. The number of fused-ring (bicyclic) bond motifs is 1. The maximum absolute atomic E-state index is 13.4. The lowest BCUT2D eigenvalue weighted by atomic mass is 10.0. The van der Waals surface area contributed by atoms with Crippen LogP contribution in [0, 0.1) is 0 Å². The van der Waals surface area contributed by atoms with Gasteiger partial charge in [-0.05, 0) is 35.4 Å². The zero-order valence-corrected chi connectivity index (χ0v) is 23.8. The Morgan fingerprint density at radius 3 is 2.52 bits per heavy atom. The van der Waals surface area contributed by atoms with E-state index >= 15 is 0 Å². The van der Waals surface area contributed by atoms with Gasteiger partial charge < -0.3 is 14.8 Å². The number of aromatic nitrogens is 3. The second kappa shape index (κ2) is 12.4. The van der Waals surface area contributed by atoms with Crippen LogP contribution in [0.3, 0.4) is 0 Å². The predicted molar refractivity (Wildman–Crippen MR) is 145 cm³/mol. The number of rotatable bonds is 12. The number of alkyl halides is 3. The van der Waals surface area contributed by atoms with Crippen molar-refractivity contribution in [1.82, 2.24) is 25.2 Å². The number of nitrogens with two attached hydrogens (primary N) is 1. The minimum absolute atomic E-state index is 0.0158. The van der Waals surface area contributed by atoms with Crippen molar-refractivity contribution < 1.29 is 44.3 Å². The molecule has 0 saturated carbocycles. The summed E-state index contributed by atoms with van der Waals surface area (Å²) in [5, 5.41) is 20.8. The standard InChI is InChI=1S/C23H23F3N6O7S3/c24-23(25,26)10-18(22-32-31-19(39-22)11-29-42(27,37)38)41(35,36)12-20-30-16-5-4-14(9-17(16)40-20)13-2-1-3-15(8-13)21(34)28-6-7-33/h1-5,8-9,18,29,33H,6-7,10-12H2,(H,28,34)(H2,27,37,38). The van der Waals surface area contributed by atoms with E-state index in [1.165, 1.54) is 0 Å². The number of thiazole rings is 1. The van der Waals surface area contributed by atoms with Crippen LogP contribution in [0.25, 0.3) is 21.3 Å². The molecule has 5 N–H and O–H groups in total. The van der Waals surface area contributed by atoms with Gasteiger partial charge in [0, 0.05) is 12.1 Å². The first-order chi connectivity index (χ1) is 19.6. The Kier molecular flexibility index (Phi) is 9.28. The van der Waals surface area contributed by atoms with Crippen LogP contribution in [-0.2, 0) is 32.3 Å². The number of carbonyl (C=O) groups excluding carboxylic acids is 1. The highest BCUT2D eigenvalue weighted by Gasteiger charge is 2.43. The molecule has 2 heterocycles. The molecule has 0 aliphatic rings. The number of amides is 1. The Balaban J connectivity index is 1.59. The summed E-state index contributed by atoms with van der Waals surface area (Å²) in [7, 11) is -8.80. The first-order valence-electron chi connectivity index (χ1n) is 11.9. The minimum atomic E-state index is -4.92. The summed E-state index contributed by atoms with van der Waals surface area (Å²) >= 11 is 0.965. The molecule has 13 nitrogen and oxygen atoms in total. The third-order valence-corrected chi connectivity index (χ3v) is 9.30. The highest BCUT2D eigenvalue weighted by Crippen LogP contribution is 2.37. The van der Waals surface area contributed by atoms with Crippen molar-refractivity contribution in [3.05, 3.63) is 64.8 Å². The fraction of sp³-hybridized carbons (Fsp3) is 0.304. The van der Waals surface area contributed by atoms with Gasteiger partial charge >= 0.3 is 6.18 Å². The van der Waals surface area contributed by atoms with Crippen molar-refractivity contribution in [1.29, 1.82) is 0 Å². The summed E-state index contributed by atoms with van der Waals surface area (Å²) in [5.41, 5.74) is 2.12. The summed E-state index contributed by atoms with van der Waals surface area (Å²) in [6.45, 7) is -0.771. The number of aliphatic hydroxyl groups is 1. The molecule has 4 rings (SSSR count). The molecule has 0 aliphatic carbocycles. The molecule has 0 saturated heterocycles. The van der Waals surface area contributed by atoms with Crippen molar-refractivity contribution in [2.24, 2.45) is 5.14 Å². The summed E-state index contributed by atoms with van der Waals surface area (Å²) in [6.07, 6.45) is -6.74. The van der Waals surface area contributed by atoms with Gasteiger partial charge in [-0.2, -0.15) is 26.3 Å². The highest BCUT2D eigenvalue weighted by atomic mass is 32.2. The number of hydrogen-bond donors (Lipinski definition) is 4. The number of aliphatic hydroxyl groups excluding tert-OH is 1. The molecular formula is C23H23F3N6O7S3. The highest BCUT2D eigenvalue weighted by molar-refractivity contribution is 7.91. The fourth-order valence-corrected chi connectivity index (χ4v) is 7.12. The van der Waals surface area contributed by atoms with Crippen LogP contribution in [-0.4, -0.2) is 62.4 Å². The van der Waals surface area contributed by atoms with Crippen molar-refractivity contribution in [3.8, 4) is 11.1 Å². The number of sulfone groups is 1. The van der Waals surface area contributed by atoms with Crippen LogP contribution in [0.1, 0.15) is 38.8 Å². The fourth-order valence-electron chi connectivity index (χ4n) is 3.81. The first kappa shape index (κ1) is 31.4. The van der Waals surface area contributed by atoms with Gasteiger partial charge in [0.15, 0.2) is 9.84 Å². The normalized spacial score (nSPS) is 13.4. The van der Waals surface area contributed by atoms with E-state index in [0.29, 0.717) is 26.9 Å². The second-order valence-corrected chi connectivity index (χ2v) is 13.5. The topological polar surface area (TPSA) is 207 Å². The van der Waals surface area contributed by atoms with E-state index in [2.05, 4.69) is 20.5 Å². The van der Waals surface area contributed by atoms with Gasteiger partial charge in [0.2, 0.25) is 11.8 Å². The molecule has 0 aliphatic heterocycles. The predicted octanol–water partition coefficient (Wildman–Crippen LogP) is 1.97. The van der Waals surface area contributed by atoms with E-state index in [0.717, 1.165) is 11.3 Å². The molecule has 0 spiro atoms. The number of nitrogens with zero attached hydrogens (tertiary/aromatic N) is 3. The Hall–Kier alpha value is -3.49. The third-order valence-electron chi connectivity index (χ3n) is 5.65. The van der Waals surface area contributed by atoms with Crippen molar-refractivity contribution in [2.75, 3.05) is 13.2 Å². The van der Waals surface area contributed by atoms with Crippen LogP contribution >= 0.6 is 11.3 Å². The van der Waals surface area contributed by atoms with Crippen LogP contribution in [0.4, 0.5) is 13.2 Å². The molecular weight excluding hydrogens is 625 g/mol. The molecule has 4 aromatic rings. The van der Waals surface area contributed by atoms with Crippen molar-refractivity contribution >= 4 is 47.5 Å². The van der Waals surface area contributed by atoms with E-state index in [1.54, 1.807) is 42.5 Å². The molecule has 0 fully saturated rings. The molecule has 19 heteroatoms. The number of hydrogen-bond acceptors (Lipinski definition) is 11. The van der Waals surface area contributed by atoms with Crippen LogP contribution in [0.15, 0.2) is 46.9 Å². The second-order valence-electron chi connectivity index (χ2n) is 8.87. The molecule has 226 valence electrons. The maximum atomic E-state index is 13.4. The molecule has 2 aromatic carbocycles. The lowest BCUT2D eigenvalue weighted by molar-refractivity contribution is -0.135. The molecule has 2 aromatic heterocycles. The van der Waals surface area contributed by atoms with Gasteiger partial charge in [-0.25, -0.2) is 18.5 Å². The summed E-state index contributed by atoms with van der Waals surface area (Å²) in [5.74, 6) is -2.58. The van der Waals surface area contributed by atoms with E-state index in [4.69, 9.17) is 14.7 Å². The first-order valence-corrected chi connectivity index (χ1v) is 16.0. The van der Waals surface area contributed by atoms with Gasteiger partial charge in [0.05, 0.1) is 29.8 Å². The third kappa shape index (κ3) is 8.29. The van der Waals surface area contributed by atoms with Crippen LogP contribution in [0.2, 0.25) is 0 Å². The lowest BCUT2D eigenvalue weighted by Crippen LogP contribution is -2.30. The van der Waals surface area contributed by atoms with Crippen LogP contribution in [0.5, 0.6) is 0 Å². The zero-order chi connectivity index (χ0) is 30.7. The quantitative estimate of drug-likeness (QED) is 0.176. The monoisotopic (exact) mass is 648 g/mol. The van der Waals surface area contributed by atoms with Gasteiger partial charge in [-0.3, -0.25) is 4.79 Å². The molecule has 0 bridgehead atoms. The van der Waals surface area contributed by atoms with Crippen molar-refractivity contribution in [2.45, 2.75) is 30.1 Å². The Labute approximate surface area is 241 Å². The SMILES string of the molecule is NS(=O)(=O)NCc1nnc(C(CC(F)(F)F)S(=O)(=O)Cc2nc3ccc(-c4cccc(C(=O)NCCO)c4)cc3s2)o1. The van der Waals surface area contributed by atoms with Crippen LogP contribution < -0.4 is 15.2 Å². The zero-order valence-electron chi connectivity index (χ0n) is 21.3. The molecule has 1 atom stereocenters. The van der Waals surface area contributed by atoms with Gasteiger partial charge in [0.25, 0.3) is 16.1 Å². The maximum Gasteiger partial charge on any atom is 0.390 e. The Morgan fingerprint density at radius 1 is 1.10 bits per heavy atom. The summed E-state index contributed by atoms with van der Waals surface area (Å²) < 4.78 is 96.0. The smallest absolute Gasteiger partial charge is 0.390 e. The van der Waals surface area contributed by atoms with Gasteiger partial charge in [-0.15, -0.1) is 21.5 Å². The average Bonchev–Trinajstić information content (AvgIpc) is 3.54. The van der Waals surface area contributed by atoms with E-state index < -0.39 is 62.0 Å². The molecule has 1 unspecified atom stereocenters. The van der Waals surface area contributed by atoms with Crippen molar-refractivity contribution in [3.63, 3.8) is 0 Å². The summed E-state index contributed by atoms with van der Waals surface area (Å²) in [4.78, 5) is 16.5. The molecule has 0 radical (unpaired) electrons. The lowest BCUT2D eigenvalue weighted by Gasteiger charge is -2.15. The molecule has 42 heavy (non-hydrogen) atoms. The Bertz CT molecular complexity index is 1810. The minimum Gasteiger partial charge on any atom is -0.422 e. The number of benzene rings is 2. The van der Waals surface area contributed by atoms with E-state index in [1.807, 2.05) is 4.72 Å². The van der Waals surface area contributed by atoms with E-state index in [9.17, 15) is 34.8 Å². The van der Waals surface area contributed by atoms with E-state index in [-0.39, 0.29) is 24.1 Å². The number of carbonyl (C=O) groups is 1. The number of halogens is 3. The largest absolute Gasteiger partial charge is 0.422 e. The number of nitrogens with one attached hydrogen (secondary N) is 2. The van der Waals surface area contributed by atoms with Gasteiger partial charge in [-0.1, -0.05) is 18.2 Å². The van der Waals surface area contributed by atoms with Gasteiger partial charge in [0.1, 0.15) is 16.0 Å². The average molecular weight is 649 g/mol. The summed E-state index contributed by atoms with van der Waals surface area (Å²) in [6, 6.07) is 11.7. The Morgan fingerprint density at radius 2 is 1.83 bits per heavy atom.